The zero-order valence-electron chi connectivity index (χ0n) is 13.9. The minimum atomic E-state index is 0.0140. The van der Waals surface area contributed by atoms with Crippen molar-refractivity contribution in [1.82, 2.24) is 20.0 Å². The number of piperazine rings is 1. The first kappa shape index (κ1) is 14.5. The van der Waals surface area contributed by atoms with Gasteiger partial charge in [-0.15, -0.1) is 0 Å². The molecular formula is C18H24N4O2. The van der Waals surface area contributed by atoms with Gasteiger partial charge in [-0.05, 0) is 55.9 Å². The molecule has 0 spiro atoms. The molecule has 6 nitrogen and oxygen atoms in total. The Balaban J connectivity index is 1.24. The van der Waals surface area contributed by atoms with Crippen LogP contribution < -0.4 is 0 Å². The van der Waals surface area contributed by atoms with Crippen molar-refractivity contribution in [2.75, 3.05) is 13.1 Å². The SMILES string of the molecule is O=C(CC12CCC(CC1)C2)N1C[C@@H]2C[C@H]1CN2C(=O)c1ccn[nH]1. The lowest BCUT2D eigenvalue weighted by Crippen LogP contribution is -2.51. The first-order valence-corrected chi connectivity index (χ1v) is 9.23. The maximum absolute atomic E-state index is 12.9. The first-order chi connectivity index (χ1) is 11.6. The molecule has 5 rings (SSSR count). The number of fused-ring (bicyclic) bond motifs is 4. The number of aromatic amines is 1. The number of rotatable bonds is 3. The van der Waals surface area contributed by atoms with E-state index in [4.69, 9.17) is 0 Å². The summed E-state index contributed by atoms with van der Waals surface area (Å²) in [7, 11) is 0. The minimum absolute atomic E-state index is 0.0140. The van der Waals surface area contributed by atoms with Crippen LogP contribution in [0.2, 0.25) is 0 Å². The molecular weight excluding hydrogens is 304 g/mol. The van der Waals surface area contributed by atoms with E-state index in [9.17, 15) is 9.59 Å². The van der Waals surface area contributed by atoms with Crippen molar-refractivity contribution in [3.63, 3.8) is 0 Å². The number of carbonyl (C=O) groups is 2. The van der Waals surface area contributed by atoms with E-state index in [1.165, 1.54) is 32.1 Å². The van der Waals surface area contributed by atoms with Crippen LogP contribution in [0.25, 0.3) is 0 Å². The molecule has 0 aromatic carbocycles. The molecule has 24 heavy (non-hydrogen) atoms. The van der Waals surface area contributed by atoms with Crippen molar-refractivity contribution in [1.29, 1.82) is 0 Å². The molecule has 1 aromatic heterocycles. The fraction of sp³-hybridized carbons (Fsp3) is 0.722. The highest BCUT2D eigenvalue weighted by molar-refractivity contribution is 5.93. The maximum atomic E-state index is 12.9. The topological polar surface area (TPSA) is 69.3 Å². The molecule has 2 amide bonds. The number of likely N-dealkylation sites (tertiary alicyclic amines) is 2. The standard InChI is InChI=1S/C18H24N4O2/c23-16(9-18-4-1-12(8-18)2-5-18)21-10-14-7-13(21)11-22(14)17(24)15-3-6-19-20-15/h3,6,12-14H,1-2,4-5,7-11H2,(H,19,20)/t12?,13-,14-,18?/m0/s1. The highest BCUT2D eigenvalue weighted by Crippen LogP contribution is 2.56. The fourth-order valence-electron chi connectivity index (χ4n) is 5.73. The number of hydrogen-bond acceptors (Lipinski definition) is 3. The minimum Gasteiger partial charge on any atom is -0.336 e. The van der Waals surface area contributed by atoms with Crippen molar-refractivity contribution < 1.29 is 9.59 Å². The van der Waals surface area contributed by atoms with Crippen LogP contribution in [0.4, 0.5) is 0 Å². The molecule has 4 fully saturated rings. The number of aromatic nitrogens is 2. The van der Waals surface area contributed by atoms with Gasteiger partial charge in [0.05, 0.1) is 12.1 Å². The number of nitrogens with one attached hydrogen (secondary N) is 1. The van der Waals surface area contributed by atoms with Gasteiger partial charge in [0.15, 0.2) is 0 Å². The van der Waals surface area contributed by atoms with Crippen molar-refractivity contribution in [2.45, 2.75) is 57.0 Å². The van der Waals surface area contributed by atoms with Crippen LogP contribution in [-0.4, -0.2) is 57.0 Å². The zero-order valence-corrected chi connectivity index (χ0v) is 13.9. The Bertz CT molecular complexity index is 663. The molecule has 128 valence electrons. The van der Waals surface area contributed by atoms with E-state index >= 15 is 0 Å². The molecule has 1 aromatic rings. The molecule has 2 aliphatic heterocycles. The van der Waals surface area contributed by atoms with Gasteiger partial charge in [0, 0.05) is 25.7 Å². The fourth-order valence-corrected chi connectivity index (χ4v) is 5.73. The van der Waals surface area contributed by atoms with E-state index in [-0.39, 0.29) is 18.0 Å². The summed E-state index contributed by atoms with van der Waals surface area (Å²) in [5.74, 6) is 1.23. The molecule has 4 aliphatic rings. The highest BCUT2D eigenvalue weighted by Gasteiger charge is 2.50. The van der Waals surface area contributed by atoms with Gasteiger partial charge < -0.3 is 9.80 Å². The van der Waals surface area contributed by atoms with Crippen LogP contribution >= 0.6 is 0 Å². The Hall–Kier alpha value is -1.85. The average molecular weight is 328 g/mol. The molecule has 0 radical (unpaired) electrons. The number of nitrogens with zero attached hydrogens (tertiary/aromatic N) is 3. The Kier molecular flexibility index (Phi) is 3.06. The molecule has 6 heteroatoms. The second-order valence-corrected chi connectivity index (χ2v) is 8.34. The van der Waals surface area contributed by atoms with E-state index in [1.807, 2.05) is 4.90 Å². The highest BCUT2D eigenvalue weighted by atomic mass is 16.2. The normalized spacial score (nSPS) is 36.8. The zero-order chi connectivity index (χ0) is 16.3. The quantitative estimate of drug-likeness (QED) is 0.920. The second-order valence-electron chi connectivity index (χ2n) is 8.34. The van der Waals surface area contributed by atoms with E-state index in [1.54, 1.807) is 12.3 Å². The Labute approximate surface area is 141 Å². The van der Waals surface area contributed by atoms with E-state index < -0.39 is 0 Å². The van der Waals surface area contributed by atoms with Gasteiger partial charge in [-0.3, -0.25) is 14.7 Å². The van der Waals surface area contributed by atoms with Crippen molar-refractivity contribution in [3.05, 3.63) is 18.0 Å². The van der Waals surface area contributed by atoms with Gasteiger partial charge >= 0.3 is 0 Å². The second kappa shape index (κ2) is 5.07. The van der Waals surface area contributed by atoms with Crippen LogP contribution in [-0.2, 0) is 4.79 Å². The predicted octanol–water partition coefficient (Wildman–Crippen LogP) is 1.81. The third-order valence-corrected chi connectivity index (χ3v) is 6.97. The first-order valence-electron chi connectivity index (χ1n) is 9.23. The van der Waals surface area contributed by atoms with Gasteiger partial charge in [0.25, 0.3) is 5.91 Å². The van der Waals surface area contributed by atoms with Crippen molar-refractivity contribution in [3.8, 4) is 0 Å². The molecule has 4 bridgehead atoms. The van der Waals surface area contributed by atoms with Crippen LogP contribution in [0.1, 0.15) is 55.4 Å². The van der Waals surface area contributed by atoms with E-state index in [2.05, 4.69) is 15.1 Å². The Morgan fingerprint density at radius 1 is 1.21 bits per heavy atom. The predicted molar refractivity (Wildman–Crippen MR) is 87.2 cm³/mol. The van der Waals surface area contributed by atoms with Gasteiger partial charge in [0.2, 0.25) is 5.91 Å². The third kappa shape index (κ3) is 2.11. The maximum Gasteiger partial charge on any atom is 0.272 e. The molecule has 2 atom stereocenters. The average Bonchev–Trinajstić information content (AvgIpc) is 3.39. The lowest BCUT2D eigenvalue weighted by atomic mass is 9.81. The summed E-state index contributed by atoms with van der Waals surface area (Å²) in [5, 5.41) is 6.61. The van der Waals surface area contributed by atoms with Crippen molar-refractivity contribution >= 4 is 11.8 Å². The van der Waals surface area contributed by atoms with Gasteiger partial charge in [-0.2, -0.15) is 5.10 Å². The summed E-state index contributed by atoms with van der Waals surface area (Å²) in [6, 6.07) is 2.10. The largest absolute Gasteiger partial charge is 0.336 e. The summed E-state index contributed by atoms with van der Waals surface area (Å²) in [6.07, 6.45) is 9.68. The molecule has 2 aliphatic carbocycles. The Morgan fingerprint density at radius 3 is 2.54 bits per heavy atom. The number of hydrogen-bond donors (Lipinski definition) is 1. The molecule has 1 N–H and O–H groups in total. The summed E-state index contributed by atoms with van der Waals surface area (Å²) in [5.41, 5.74) is 0.858. The van der Waals surface area contributed by atoms with E-state index in [0.717, 1.165) is 18.8 Å². The molecule has 2 saturated carbocycles. The monoisotopic (exact) mass is 328 g/mol. The summed E-state index contributed by atoms with van der Waals surface area (Å²) < 4.78 is 0. The number of carbonyl (C=O) groups excluding carboxylic acids is 2. The third-order valence-electron chi connectivity index (χ3n) is 6.97. The summed E-state index contributed by atoms with van der Waals surface area (Å²) >= 11 is 0. The molecule has 2 saturated heterocycles. The summed E-state index contributed by atoms with van der Waals surface area (Å²) in [6.45, 7) is 1.38. The van der Waals surface area contributed by atoms with Gasteiger partial charge in [-0.1, -0.05) is 0 Å². The van der Waals surface area contributed by atoms with Crippen LogP contribution in [0, 0.1) is 11.3 Å². The van der Waals surface area contributed by atoms with Crippen LogP contribution in [0.3, 0.4) is 0 Å². The van der Waals surface area contributed by atoms with Crippen molar-refractivity contribution in [2.24, 2.45) is 11.3 Å². The van der Waals surface area contributed by atoms with E-state index in [0.29, 0.717) is 30.1 Å². The summed E-state index contributed by atoms with van der Waals surface area (Å²) in [4.78, 5) is 29.4. The number of amides is 2. The lowest BCUT2D eigenvalue weighted by Gasteiger charge is -2.36. The van der Waals surface area contributed by atoms with Crippen LogP contribution in [0.5, 0.6) is 0 Å². The molecule has 0 unspecified atom stereocenters. The van der Waals surface area contributed by atoms with Crippen LogP contribution in [0.15, 0.2) is 12.3 Å². The Morgan fingerprint density at radius 2 is 1.96 bits per heavy atom. The van der Waals surface area contributed by atoms with Gasteiger partial charge in [0.1, 0.15) is 5.69 Å². The number of H-pyrrole nitrogens is 1. The molecule has 3 heterocycles. The van der Waals surface area contributed by atoms with Gasteiger partial charge in [-0.25, -0.2) is 0 Å². The lowest BCUT2D eigenvalue weighted by molar-refractivity contribution is -0.135. The smallest absolute Gasteiger partial charge is 0.272 e.